The van der Waals surface area contributed by atoms with E-state index >= 15 is 0 Å². The van der Waals surface area contributed by atoms with E-state index in [-0.39, 0.29) is 11.8 Å². The zero-order valence-corrected chi connectivity index (χ0v) is 11.1. The van der Waals surface area contributed by atoms with Crippen molar-refractivity contribution in [2.45, 2.75) is 19.4 Å². The molecule has 0 bridgehead atoms. The molecule has 0 aliphatic rings. The van der Waals surface area contributed by atoms with Gasteiger partial charge >= 0.3 is 12.0 Å². The van der Waals surface area contributed by atoms with Crippen molar-refractivity contribution in [1.82, 2.24) is 5.32 Å². The SMILES string of the molecule is C#CCC(C)NC(=O)Nc1ccccc1OCC(=O)O. The number of ether oxygens (including phenoxy) is 1. The number of carboxylic acids is 1. The fourth-order valence-corrected chi connectivity index (χ4v) is 1.45. The van der Waals surface area contributed by atoms with Crippen molar-refractivity contribution in [3.63, 3.8) is 0 Å². The monoisotopic (exact) mass is 276 g/mol. The molecule has 106 valence electrons. The second-order valence-corrected chi connectivity index (χ2v) is 4.09. The van der Waals surface area contributed by atoms with Crippen molar-refractivity contribution in [2.24, 2.45) is 0 Å². The number of carbonyl (C=O) groups is 2. The summed E-state index contributed by atoms with van der Waals surface area (Å²) in [6.45, 7) is 1.31. The Hall–Kier alpha value is -2.68. The molecule has 3 N–H and O–H groups in total. The van der Waals surface area contributed by atoms with Crippen molar-refractivity contribution in [2.75, 3.05) is 11.9 Å². The molecule has 0 radical (unpaired) electrons. The lowest BCUT2D eigenvalue weighted by atomic mass is 10.2. The second-order valence-electron chi connectivity index (χ2n) is 4.09. The van der Waals surface area contributed by atoms with Gasteiger partial charge in [-0.3, -0.25) is 0 Å². The Balaban J connectivity index is 2.65. The highest BCUT2D eigenvalue weighted by Crippen LogP contribution is 2.23. The van der Waals surface area contributed by atoms with Gasteiger partial charge in [-0.1, -0.05) is 12.1 Å². The molecule has 0 spiro atoms. The molecule has 0 saturated heterocycles. The summed E-state index contributed by atoms with van der Waals surface area (Å²) < 4.78 is 5.08. The summed E-state index contributed by atoms with van der Waals surface area (Å²) in [6, 6.07) is 5.98. The largest absolute Gasteiger partial charge is 0.480 e. The number of hydrogen-bond donors (Lipinski definition) is 3. The van der Waals surface area contributed by atoms with E-state index in [4.69, 9.17) is 16.3 Å². The van der Waals surface area contributed by atoms with E-state index in [1.54, 1.807) is 31.2 Å². The lowest BCUT2D eigenvalue weighted by molar-refractivity contribution is -0.139. The van der Waals surface area contributed by atoms with E-state index in [0.717, 1.165) is 0 Å². The number of benzene rings is 1. The minimum atomic E-state index is -1.09. The molecular weight excluding hydrogens is 260 g/mol. The fraction of sp³-hybridized carbons (Fsp3) is 0.286. The highest BCUT2D eigenvalue weighted by atomic mass is 16.5. The molecule has 20 heavy (non-hydrogen) atoms. The Morgan fingerprint density at radius 2 is 2.15 bits per heavy atom. The average molecular weight is 276 g/mol. The first kappa shape index (κ1) is 15.4. The molecule has 2 amide bonds. The Bertz CT molecular complexity index is 522. The second kappa shape index (κ2) is 7.69. The number of hydrogen-bond acceptors (Lipinski definition) is 3. The summed E-state index contributed by atoms with van der Waals surface area (Å²) in [6.07, 6.45) is 5.57. The van der Waals surface area contributed by atoms with Crippen LogP contribution in [0.3, 0.4) is 0 Å². The van der Waals surface area contributed by atoms with E-state index in [1.165, 1.54) is 0 Å². The third-order valence-corrected chi connectivity index (χ3v) is 2.29. The van der Waals surface area contributed by atoms with Gasteiger partial charge in [0.1, 0.15) is 5.75 Å². The van der Waals surface area contributed by atoms with Gasteiger partial charge < -0.3 is 20.5 Å². The highest BCUT2D eigenvalue weighted by molar-refractivity contribution is 5.91. The minimum absolute atomic E-state index is 0.160. The van der Waals surface area contributed by atoms with Crippen LogP contribution in [0.1, 0.15) is 13.3 Å². The molecule has 1 rings (SSSR count). The number of anilines is 1. The summed E-state index contributed by atoms with van der Waals surface area (Å²) in [5.74, 6) is 1.64. The van der Waals surface area contributed by atoms with E-state index in [9.17, 15) is 9.59 Å². The third kappa shape index (κ3) is 5.31. The number of carboxylic acid groups (broad SMARTS) is 1. The molecular formula is C14H16N2O4. The van der Waals surface area contributed by atoms with Crippen molar-refractivity contribution >= 4 is 17.7 Å². The normalized spacial score (nSPS) is 11.0. The van der Waals surface area contributed by atoms with Crippen LogP contribution in [-0.4, -0.2) is 29.8 Å². The van der Waals surface area contributed by atoms with Crippen LogP contribution in [0.2, 0.25) is 0 Å². The molecule has 1 atom stereocenters. The Morgan fingerprint density at radius 3 is 2.80 bits per heavy atom. The Labute approximate surface area is 117 Å². The van der Waals surface area contributed by atoms with Gasteiger partial charge in [0.2, 0.25) is 0 Å². The standard InChI is InChI=1S/C14H16N2O4/c1-3-6-10(2)15-14(19)16-11-7-4-5-8-12(11)20-9-13(17)18/h1,4-5,7-8,10H,6,9H2,2H3,(H,17,18)(H2,15,16,19). The van der Waals surface area contributed by atoms with Crippen LogP contribution in [0.4, 0.5) is 10.5 Å². The molecule has 0 saturated carbocycles. The topological polar surface area (TPSA) is 87.7 Å². The summed E-state index contributed by atoms with van der Waals surface area (Å²) >= 11 is 0. The predicted octanol–water partition coefficient (Wildman–Crippen LogP) is 1.68. The van der Waals surface area contributed by atoms with Crippen LogP contribution in [-0.2, 0) is 4.79 Å². The van der Waals surface area contributed by atoms with Gasteiger partial charge in [-0.05, 0) is 19.1 Å². The zero-order valence-electron chi connectivity index (χ0n) is 11.1. The summed E-state index contributed by atoms with van der Waals surface area (Å²) in [5.41, 5.74) is 0.388. The Kier molecular flexibility index (Phi) is 5.91. The van der Waals surface area contributed by atoms with E-state index in [1.807, 2.05) is 0 Å². The molecule has 0 aliphatic heterocycles. The lowest BCUT2D eigenvalue weighted by Gasteiger charge is -2.14. The Morgan fingerprint density at radius 1 is 1.45 bits per heavy atom. The van der Waals surface area contributed by atoms with Crippen LogP contribution in [0.25, 0.3) is 0 Å². The minimum Gasteiger partial charge on any atom is -0.480 e. The van der Waals surface area contributed by atoms with Crippen LogP contribution >= 0.6 is 0 Å². The van der Waals surface area contributed by atoms with Gasteiger partial charge in [0.15, 0.2) is 6.61 Å². The summed E-state index contributed by atoms with van der Waals surface area (Å²) in [7, 11) is 0. The van der Waals surface area contributed by atoms with E-state index < -0.39 is 18.6 Å². The number of terminal acetylenes is 1. The van der Waals surface area contributed by atoms with Crippen LogP contribution < -0.4 is 15.4 Å². The number of nitrogens with one attached hydrogen (secondary N) is 2. The van der Waals surface area contributed by atoms with E-state index in [2.05, 4.69) is 16.6 Å². The van der Waals surface area contributed by atoms with Crippen molar-refractivity contribution in [3.8, 4) is 18.1 Å². The first-order valence-electron chi connectivity index (χ1n) is 5.97. The van der Waals surface area contributed by atoms with Crippen molar-refractivity contribution < 1.29 is 19.4 Å². The number of amides is 2. The summed E-state index contributed by atoms with van der Waals surface area (Å²) in [5, 5.41) is 13.8. The zero-order chi connectivity index (χ0) is 15.0. The number of aliphatic carboxylic acids is 1. The lowest BCUT2D eigenvalue weighted by Crippen LogP contribution is -2.35. The number of rotatable bonds is 6. The molecule has 0 aromatic heterocycles. The quantitative estimate of drug-likeness (QED) is 0.690. The first-order valence-corrected chi connectivity index (χ1v) is 5.97. The molecule has 1 aromatic rings. The van der Waals surface area contributed by atoms with Crippen LogP contribution in [0.5, 0.6) is 5.75 Å². The number of urea groups is 1. The van der Waals surface area contributed by atoms with Gasteiger partial charge in [-0.15, -0.1) is 12.3 Å². The highest BCUT2D eigenvalue weighted by Gasteiger charge is 2.10. The maximum absolute atomic E-state index is 11.7. The molecule has 0 heterocycles. The van der Waals surface area contributed by atoms with Gasteiger partial charge in [-0.25, -0.2) is 9.59 Å². The van der Waals surface area contributed by atoms with Crippen molar-refractivity contribution in [3.05, 3.63) is 24.3 Å². The van der Waals surface area contributed by atoms with Crippen LogP contribution in [0, 0.1) is 12.3 Å². The predicted molar refractivity (Wildman–Crippen MR) is 74.6 cm³/mol. The first-order chi connectivity index (χ1) is 9.52. The fourth-order valence-electron chi connectivity index (χ4n) is 1.45. The maximum atomic E-state index is 11.7. The molecule has 6 nitrogen and oxygen atoms in total. The van der Waals surface area contributed by atoms with E-state index in [0.29, 0.717) is 12.1 Å². The van der Waals surface area contributed by atoms with Crippen LogP contribution in [0.15, 0.2) is 24.3 Å². The molecule has 0 aliphatic carbocycles. The number of carbonyl (C=O) groups excluding carboxylic acids is 1. The van der Waals surface area contributed by atoms with Gasteiger partial charge in [-0.2, -0.15) is 0 Å². The molecule has 0 fully saturated rings. The molecule has 6 heteroatoms. The number of para-hydroxylation sites is 2. The van der Waals surface area contributed by atoms with Crippen molar-refractivity contribution in [1.29, 1.82) is 0 Å². The van der Waals surface area contributed by atoms with Gasteiger partial charge in [0.05, 0.1) is 5.69 Å². The molecule has 1 aromatic carbocycles. The summed E-state index contributed by atoms with van der Waals surface area (Å²) in [4.78, 5) is 22.2. The van der Waals surface area contributed by atoms with Gasteiger partial charge in [0, 0.05) is 12.5 Å². The smallest absolute Gasteiger partial charge is 0.341 e. The van der Waals surface area contributed by atoms with Gasteiger partial charge in [0.25, 0.3) is 0 Å². The average Bonchev–Trinajstić information content (AvgIpc) is 2.37. The third-order valence-electron chi connectivity index (χ3n) is 2.29. The maximum Gasteiger partial charge on any atom is 0.341 e. The molecule has 1 unspecified atom stereocenters.